The first-order valence-electron chi connectivity index (χ1n) is 6.91. The minimum Gasteiger partial charge on any atom is -0.346 e. The van der Waals surface area contributed by atoms with Crippen LogP contribution in [0.1, 0.15) is 52.2 Å². The molecule has 1 aliphatic heterocycles. The van der Waals surface area contributed by atoms with Crippen molar-refractivity contribution in [2.24, 2.45) is 5.41 Å². The third-order valence-electron chi connectivity index (χ3n) is 4.35. The van der Waals surface area contributed by atoms with Gasteiger partial charge in [0.25, 0.3) is 0 Å². The summed E-state index contributed by atoms with van der Waals surface area (Å²) in [5.41, 5.74) is 1.24. The van der Waals surface area contributed by atoms with E-state index in [0.29, 0.717) is 6.61 Å². The van der Waals surface area contributed by atoms with Crippen molar-refractivity contribution >= 4 is 0 Å². The van der Waals surface area contributed by atoms with Gasteiger partial charge in [-0.2, -0.15) is 0 Å². The van der Waals surface area contributed by atoms with E-state index in [4.69, 9.17) is 9.47 Å². The van der Waals surface area contributed by atoms with E-state index < -0.39 is 5.79 Å². The Morgan fingerprint density at radius 3 is 2.44 bits per heavy atom. The maximum atomic E-state index is 6.32. The van der Waals surface area contributed by atoms with Gasteiger partial charge in [0, 0.05) is 5.41 Å². The third kappa shape index (κ3) is 2.19. The first-order chi connectivity index (χ1) is 8.54. The summed E-state index contributed by atoms with van der Waals surface area (Å²) in [6, 6.07) is 10.4. The standard InChI is InChI=1S/C16H24O2/c1-5-15(3,4)16(6-2)17-12-14(18-16)13-10-8-7-9-11-13/h7-11,14H,5-6,12H2,1-4H3. The first kappa shape index (κ1) is 13.6. The second-order valence-electron chi connectivity index (χ2n) is 5.67. The van der Waals surface area contributed by atoms with Gasteiger partial charge >= 0.3 is 0 Å². The van der Waals surface area contributed by atoms with E-state index in [1.807, 2.05) is 6.07 Å². The lowest BCUT2D eigenvalue weighted by molar-refractivity contribution is -0.239. The SMILES string of the molecule is CCC(C)(C)C1(CC)OCC(c2ccccc2)O1. The summed E-state index contributed by atoms with van der Waals surface area (Å²) in [7, 11) is 0. The van der Waals surface area contributed by atoms with Crippen LogP contribution in [0.25, 0.3) is 0 Å². The molecule has 0 amide bonds. The molecule has 2 rings (SSSR count). The van der Waals surface area contributed by atoms with Crippen molar-refractivity contribution < 1.29 is 9.47 Å². The quantitative estimate of drug-likeness (QED) is 0.790. The molecular weight excluding hydrogens is 224 g/mol. The van der Waals surface area contributed by atoms with Gasteiger partial charge in [-0.3, -0.25) is 0 Å². The predicted octanol–water partition coefficient (Wildman–Crippen LogP) is 4.32. The number of benzene rings is 1. The molecule has 0 aromatic heterocycles. The zero-order valence-electron chi connectivity index (χ0n) is 11.9. The molecule has 2 nitrogen and oxygen atoms in total. The highest BCUT2D eigenvalue weighted by Crippen LogP contribution is 2.48. The van der Waals surface area contributed by atoms with Gasteiger partial charge in [0.2, 0.25) is 0 Å². The van der Waals surface area contributed by atoms with Crippen LogP contribution in [-0.4, -0.2) is 12.4 Å². The molecule has 1 aromatic rings. The lowest BCUT2D eigenvalue weighted by Gasteiger charge is -2.41. The number of hydrogen-bond donors (Lipinski definition) is 0. The van der Waals surface area contributed by atoms with Crippen LogP contribution in [0.5, 0.6) is 0 Å². The third-order valence-corrected chi connectivity index (χ3v) is 4.35. The molecule has 1 fully saturated rings. The van der Waals surface area contributed by atoms with Crippen molar-refractivity contribution in [1.29, 1.82) is 0 Å². The van der Waals surface area contributed by atoms with Crippen molar-refractivity contribution in [2.45, 2.75) is 52.4 Å². The molecule has 1 aromatic carbocycles. The summed E-state index contributed by atoms with van der Waals surface area (Å²) in [5.74, 6) is -0.442. The van der Waals surface area contributed by atoms with Gasteiger partial charge in [-0.15, -0.1) is 0 Å². The minimum atomic E-state index is -0.442. The lowest BCUT2D eigenvalue weighted by atomic mass is 9.79. The Hall–Kier alpha value is -0.860. The zero-order valence-corrected chi connectivity index (χ0v) is 11.9. The fraction of sp³-hybridized carbons (Fsp3) is 0.625. The summed E-state index contributed by atoms with van der Waals surface area (Å²) in [4.78, 5) is 0. The van der Waals surface area contributed by atoms with Crippen molar-refractivity contribution in [2.75, 3.05) is 6.61 Å². The monoisotopic (exact) mass is 248 g/mol. The molecule has 2 atom stereocenters. The van der Waals surface area contributed by atoms with E-state index in [1.54, 1.807) is 0 Å². The average molecular weight is 248 g/mol. The predicted molar refractivity (Wildman–Crippen MR) is 73.3 cm³/mol. The van der Waals surface area contributed by atoms with Crippen molar-refractivity contribution in [3.63, 3.8) is 0 Å². The number of hydrogen-bond acceptors (Lipinski definition) is 2. The fourth-order valence-electron chi connectivity index (χ4n) is 2.63. The Bertz CT molecular complexity index is 385. The van der Waals surface area contributed by atoms with Crippen LogP contribution in [0.15, 0.2) is 30.3 Å². The highest BCUT2D eigenvalue weighted by molar-refractivity contribution is 5.18. The lowest BCUT2D eigenvalue weighted by Crippen LogP contribution is -2.45. The van der Waals surface area contributed by atoms with Gasteiger partial charge in [0.05, 0.1) is 6.61 Å². The molecule has 0 radical (unpaired) electrons. The molecule has 1 saturated heterocycles. The molecule has 0 N–H and O–H groups in total. The summed E-state index contributed by atoms with van der Waals surface area (Å²) in [6.45, 7) is 9.44. The van der Waals surface area contributed by atoms with Crippen LogP contribution in [0.2, 0.25) is 0 Å². The van der Waals surface area contributed by atoms with Gasteiger partial charge in [0.1, 0.15) is 6.10 Å². The average Bonchev–Trinajstić information content (AvgIpc) is 2.86. The van der Waals surface area contributed by atoms with E-state index in [9.17, 15) is 0 Å². The highest BCUT2D eigenvalue weighted by atomic mass is 16.7. The molecular formula is C16H24O2. The van der Waals surface area contributed by atoms with Crippen LogP contribution in [0.4, 0.5) is 0 Å². The largest absolute Gasteiger partial charge is 0.346 e. The Morgan fingerprint density at radius 1 is 1.22 bits per heavy atom. The van der Waals surface area contributed by atoms with Gasteiger partial charge in [-0.25, -0.2) is 0 Å². The van der Waals surface area contributed by atoms with Crippen molar-refractivity contribution in [3.8, 4) is 0 Å². The van der Waals surface area contributed by atoms with E-state index in [0.717, 1.165) is 12.8 Å². The fourth-order valence-corrected chi connectivity index (χ4v) is 2.63. The Kier molecular flexibility index (Phi) is 3.79. The first-order valence-corrected chi connectivity index (χ1v) is 6.91. The highest BCUT2D eigenvalue weighted by Gasteiger charge is 2.50. The summed E-state index contributed by atoms with van der Waals surface area (Å²) >= 11 is 0. The zero-order chi connectivity index (χ0) is 13.2. The van der Waals surface area contributed by atoms with E-state index in [1.165, 1.54) is 5.56 Å². The van der Waals surface area contributed by atoms with Crippen LogP contribution < -0.4 is 0 Å². The van der Waals surface area contributed by atoms with Crippen molar-refractivity contribution in [3.05, 3.63) is 35.9 Å². The Morgan fingerprint density at radius 2 is 1.89 bits per heavy atom. The normalized spacial score (nSPS) is 28.6. The number of ether oxygens (including phenoxy) is 2. The molecule has 2 unspecified atom stereocenters. The minimum absolute atomic E-state index is 0.0330. The molecule has 0 spiro atoms. The summed E-state index contributed by atoms with van der Waals surface area (Å²) in [5, 5.41) is 0. The Balaban J connectivity index is 2.20. The van der Waals surface area contributed by atoms with Gasteiger partial charge in [-0.1, -0.05) is 58.0 Å². The second kappa shape index (κ2) is 5.02. The van der Waals surface area contributed by atoms with Crippen LogP contribution in [-0.2, 0) is 9.47 Å². The molecule has 0 saturated carbocycles. The molecule has 100 valence electrons. The van der Waals surface area contributed by atoms with Crippen LogP contribution in [0.3, 0.4) is 0 Å². The van der Waals surface area contributed by atoms with Crippen molar-refractivity contribution in [1.82, 2.24) is 0 Å². The van der Waals surface area contributed by atoms with Crippen LogP contribution >= 0.6 is 0 Å². The van der Waals surface area contributed by atoms with E-state index >= 15 is 0 Å². The van der Waals surface area contributed by atoms with Gasteiger partial charge in [-0.05, 0) is 18.4 Å². The molecule has 0 aliphatic carbocycles. The Labute approximate surface area is 110 Å². The molecule has 1 aliphatic rings. The maximum Gasteiger partial charge on any atom is 0.174 e. The second-order valence-corrected chi connectivity index (χ2v) is 5.67. The smallest absolute Gasteiger partial charge is 0.174 e. The molecule has 1 heterocycles. The maximum absolute atomic E-state index is 6.32. The summed E-state index contributed by atoms with van der Waals surface area (Å²) in [6.07, 6.45) is 2.00. The van der Waals surface area contributed by atoms with Gasteiger partial charge in [0.15, 0.2) is 5.79 Å². The number of rotatable bonds is 4. The van der Waals surface area contributed by atoms with E-state index in [-0.39, 0.29) is 11.5 Å². The van der Waals surface area contributed by atoms with E-state index in [2.05, 4.69) is 52.0 Å². The summed E-state index contributed by atoms with van der Waals surface area (Å²) < 4.78 is 12.4. The van der Waals surface area contributed by atoms with Crippen LogP contribution in [0, 0.1) is 5.41 Å². The molecule has 18 heavy (non-hydrogen) atoms. The van der Waals surface area contributed by atoms with Gasteiger partial charge < -0.3 is 9.47 Å². The topological polar surface area (TPSA) is 18.5 Å². The molecule has 0 bridgehead atoms. The molecule has 2 heteroatoms.